The first-order valence-electron chi connectivity index (χ1n) is 3.66. The summed E-state index contributed by atoms with van der Waals surface area (Å²) in [4.78, 5) is 0. The highest BCUT2D eigenvalue weighted by molar-refractivity contribution is 5.77. The van der Waals surface area contributed by atoms with Gasteiger partial charge in [-0.15, -0.1) is 0 Å². The molecule has 1 nitrogen and oxygen atoms in total. The van der Waals surface area contributed by atoms with Crippen LogP contribution >= 0.6 is 0 Å². The molecule has 0 amide bonds. The molecular formula is C11H9N. The van der Waals surface area contributed by atoms with E-state index in [2.05, 4.69) is 12.6 Å². The van der Waals surface area contributed by atoms with Crippen LogP contribution in [0.25, 0.3) is 5.57 Å². The zero-order valence-corrected chi connectivity index (χ0v) is 6.70. The molecule has 0 aliphatic heterocycles. The minimum Gasteiger partial charge on any atom is -0.192 e. The number of hydrogen-bond donors (Lipinski definition) is 0. The third-order valence-electron chi connectivity index (χ3n) is 1.49. The second-order valence-corrected chi connectivity index (χ2v) is 2.29. The van der Waals surface area contributed by atoms with E-state index in [0.29, 0.717) is 5.57 Å². The molecule has 0 radical (unpaired) electrons. The summed E-state index contributed by atoms with van der Waals surface area (Å²) in [6.45, 7) is 3.55. The molecule has 0 unspecified atom stereocenters. The van der Waals surface area contributed by atoms with Gasteiger partial charge < -0.3 is 0 Å². The molecule has 12 heavy (non-hydrogen) atoms. The van der Waals surface area contributed by atoms with Crippen LogP contribution in [0.5, 0.6) is 0 Å². The monoisotopic (exact) mass is 155 g/mol. The zero-order valence-electron chi connectivity index (χ0n) is 6.70. The molecule has 0 aliphatic rings. The first-order valence-corrected chi connectivity index (χ1v) is 3.66. The first-order chi connectivity index (χ1) is 5.88. The maximum atomic E-state index is 8.74. The fraction of sp³-hybridized carbons (Fsp3) is 0. The number of nitriles is 1. The number of nitrogens with zero attached hydrogens (tertiary/aromatic N) is 1. The second kappa shape index (κ2) is 4.15. The highest BCUT2D eigenvalue weighted by Gasteiger charge is 1.95. The lowest BCUT2D eigenvalue weighted by Crippen LogP contribution is -1.78. The maximum absolute atomic E-state index is 8.74. The molecule has 0 N–H and O–H groups in total. The largest absolute Gasteiger partial charge is 0.192 e. The van der Waals surface area contributed by atoms with Crippen molar-refractivity contribution in [3.8, 4) is 6.07 Å². The van der Waals surface area contributed by atoms with Gasteiger partial charge >= 0.3 is 0 Å². The fourth-order valence-corrected chi connectivity index (χ4v) is 0.934. The summed E-state index contributed by atoms with van der Waals surface area (Å²) in [5.74, 6) is 0. The molecule has 0 spiro atoms. The van der Waals surface area contributed by atoms with Gasteiger partial charge in [0.2, 0.25) is 0 Å². The van der Waals surface area contributed by atoms with Crippen LogP contribution < -0.4 is 0 Å². The molecule has 0 saturated carbocycles. The van der Waals surface area contributed by atoms with Crippen molar-refractivity contribution in [3.05, 3.63) is 54.6 Å². The van der Waals surface area contributed by atoms with Gasteiger partial charge in [0.25, 0.3) is 0 Å². The molecule has 0 atom stereocenters. The van der Waals surface area contributed by atoms with E-state index in [9.17, 15) is 0 Å². The minimum absolute atomic E-state index is 0.644. The molecule has 0 aliphatic carbocycles. The van der Waals surface area contributed by atoms with Gasteiger partial charge in [0.05, 0.1) is 11.6 Å². The van der Waals surface area contributed by atoms with Crippen molar-refractivity contribution in [2.75, 3.05) is 0 Å². The topological polar surface area (TPSA) is 23.8 Å². The Kier molecular flexibility index (Phi) is 2.87. The molecular weight excluding hydrogens is 146 g/mol. The van der Waals surface area contributed by atoms with E-state index in [1.807, 2.05) is 30.3 Å². The minimum atomic E-state index is 0.644. The van der Waals surface area contributed by atoms with E-state index in [0.717, 1.165) is 5.56 Å². The Morgan fingerprint density at radius 1 is 1.33 bits per heavy atom. The quantitative estimate of drug-likeness (QED) is 0.476. The molecule has 1 heteroatoms. The van der Waals surface area contributed by atoms with E-state index in [1.165, 1.54) is 0 Å². The van der Waals surface area contributed by atoms with Crippen LogP contribution in [0.15, 0.2) is 49.1 Å². The number of hydrogen-bond acceptors (Lipinski definition) is 1. The van der Waals surface area contributed by atoms with Gasteiger partial charge in [0.15, 0.2) is 0 Å². The molecule has 0 bridgehead atoms. The Bertz CT molecular complexity index is 328. The third-order valence-corrected chi connectivity index (χ3v) is 1.49. The molecule has 0 fully saturated rings. The van der Waals surface area contributed by atoms with Crippen molar-refractivity contribution in [1.29, 1.82) is 5.26 Å². The van der Waals surface area contributed by atoms with Crippen molar-refractivity contribution >= 4 is 5.57 Å². The lowest BCUT2D eigenvalue weighted by Gasteiger charge is -1.94. The molecule has 0 saturated heterocycles. The predicted molar refractivity (Wildman–Crippen MR) is 50.2 cm³/mol. The average molecular weight is 155 g/mol. The maximum Gasteiger partial charge on any atom is 0.0997 e. The van der Waals surface area contributed by atoms with Crippen LogP contribution in [0.3, 0.4) is 0 Å². The van der Waals surface area contributed by atoms with E-state index >= 15 is 0 Å². The second-order valence-electron chi connectivity index (χ2n) is 2.29. The summed E-state index contributed by atoms with van der Waals surface area (Å²) in [5.41, 5.74) is 1.57. The molecule has 0 heterocycles. The third kappa shape index (κ3) is 1.83. The van der Waals surface area contributed by atoms with Crippen LogP contribution in [0.4, 0.5) is 0 Å². The SMILES string of the molecule is C=C/C=C(/C#N)c1ccccc1. The predicted octanol–water partition coefficient (Wildman–Crippen LogP) is 2.78. The van der Waals surface area contributed by atoms with Gasteiger partial charge in [0.1, 0.15) is 0 Å². The summed E-state index contributed by atoms with van der Waals surface area (Å²) in [6, 6.07) is 11.6. The molecule has 1 rings (SSSR count). The lowest BCUT2D eigenvalue weighted by atomic mass is 10.1. The Morgan fingerprint density at radius 3 is 2.50 bits per heavy atom. The van der Waals surface area contributed by atoms with E-state index < -0.39 is 0 Å². The van der Waals surface area contributed by atoms with E-state index in [1.54, 1.807) is 12.2 Å². The number of rotatable bonds is 2. The number of allylic oxidation sites excluding steroid dienone is 3. The standard InChI is InChI=1S/C11H9N/c1-2-6-11(9-12)10-7-4-3-5-8-10/h2-8H,1H2/b11-6-. The highest BCUT2D eigenvalue weighted by Crippen LogP contribution is 2.11. The fourth-order valence-electron chi connectivity index (χ4n) is 0.934. The van der Waals surface area contributed by atoms with Crippen LogP contribution in [-0.2, 0) is 0 Å². The average Bonchev–Trinajstić information content (AvgIpc) is 2.15. The van der Waals surface area contributed by atoms with Crippen LogP contribution in [0.2, 0.25) is 0 Å². The summed E-state index contributed by atoms with van der Waals surface area (Å²) >= 11 is 0. The summed E-state index contributed by atoms with van der Waals surface area (Å²) in [6.07, 6.45) is 3.32. The van der Waals surface area contributed by atoms with Gasteiger partial charge in [-0.05, 0) is 11.6 Å². The Balaban J connectivity index is 3.06. The zero-order chi connectivity index (χ0) is 8.81. The van der Waals surface area contributed by atoms with Gasteiger partial charge in [-0.1, -0.05) is 43.0 Å². The molecule has 1 aromatic rings. The van der Waals surface area contributed by atoms with Crippen molar-refractivity contribution in [1.82, 2.24) is 0 Å². The number of benzene rings is 1. The Hall–Kier alpha value is -1.81. The van der Waals surface area contributed by atoms with Crippen LogP contribution in [-0.4, -0.2) is 0 Å². The van der Waals surface area contributed by atoms with Crippen molar-refractivity contribution in [3.63, 3.8) is 0 Å². The first kappa shape index (κ1) is 8.29. The smallest absolute Gasteiger partial charge is 0.0997 e. The summed E-state index contributed by atoms with van der Waals surface area (Å²) in [7, 11) is 0. The molecule has 0 aromatic heterocycles. The van der Waals surface area contributed by atoms with Crippen molar-refractivity contribution < 1.29 is 0 Å². The van der Waals surface area contributed by atoms with Gasteiger partial charge in [0, 0.05) is 0 Å². The van der Waals surface area contributed by atoms with E-state index in [-0.39, 0.29) is 0 Å². The Morgan fingerprint density at radius 2 is 2.00 bits per heavy atom. The van der Waals surface area contributed by atoms with Crippen LogP contribution in [0, 0.1) is 11.3 Å². The molecule has 58 valence electrons. The normalized spacial score (nSPS) is 10.4. The van der Waals surface area contributed by atoms with Gasteiger partial charge in [-0.25, -0.2) is 0 Å². The van der Waals surface area contributed by atoms with Crippen molar-refractivity contribution in [2.45, 2.75) is 0 Å². The van der Waals surface area contributed by atoms with Crippen LogP contribution in [0.1, 0.15) is 5.56 Å². The van der Waals surface area contributed by atoms with E-state index in [4.69, 9.17) is 5.26 Å². The molecule has 1 aromatic carbocycles. The Labute approximate surface area is 72.3 Å². The highest BCUT2D eigenvalue weighted by atomic mass is 14.2. The van der Waals surface area contributed by atoms with Gasteiger partial charge in [-0.3, -0.25) is 0 Å². The summed E-state index contributed by atoms with van der Waals surface area (Å²) in [5, 5.41) is 8.74. The van der Waals surface area contributed by atoms with Crippen molar-refractivity contribution in [2.24, 2.45) is 0 Å². The van der Waals surface area contributed by atoms with Gasteiger partial charge in [-0.2, -0.15) is 5.26 Å². The lowest BCUT2D eigenvalue weighted by molar-refractivity contribution is 1.52. The summed E-state index contributed by atoms with van der Waals surface area (Å²) < 4.78 is 0.